The van der Waals surface area contributed by atoms with E-state index in [1.807, 2.05) is 13.0 Å². The lowest BCUT2D eigenvalue weighted by molar-refractivity contribution is 0.841. The first-order valence-corrected chi connectivity index (χ1v) is 3.22. The fourth-order valence-electron chi connectivity index (χ4n) is 0.872. The highest BCUT2D eigenvalue weighted by Crippen LogP contribution is 2.04. The molecule has 0 N–H and O–H groups in total. The topological polar surface area (TPSA) is 12.4 Å². The Morgan fingerprint density at radius 1 is 1.80 bits per heavy atom. The third kappa shape index (κ3) is 1.77. The predicted molar refractivity (Wildman–Crippen MR) is 44.1 cm³/mol. The van der Waals surface area contributed by atoms with Crippen molar-refractivity contribution in [2.45, 2.75) is 6.92 Å². The maximum Gasteiger partial charge on any atom is 0.115 e. The van der Waals surface area contributed by atoms with Crippen molar-refractivity contribution in [1.82, 2.24) is 0 Å². The van der Waals surface area contributed by atoms with Crippen molar-refractivity contribution < 1.29 is 0 Å². The molecule has 0 aliphatic carbocycles. The van der Waals surface area contributed by atoms with Gasteiger partial charge in [0.2, 0.25) is 0 Å². The first-order chi connectivity index (χ1) is 4.83. The Labute approximate surface area is 62.6 Å². The van der Waals surface area contributed by atoms with Crippen LogP contribution >= 0.6 is 0 Å². The molecule has 48 valence electrons. The van der Waals surface area contributed by atoms with Crippen LogP contribution in [0, 0.1) is 17.8 Å². The number of dihydropyridines is 1. The second kappa shape index (κ2) is 3.27. The second-order valence-corrected chi connectivity index (χ2v) is 2.16. The van der Waals surface area contributed by atoms with Crippen molar-refractivity contribution >= 4 is 14.1 Å². The maximum absolute atomic E-state index is 5.50. The fraction of sp³-hybridized carbons (Fsp3) is 0.375. The minimum atomic E-state index is 0.231. The van der Waals surface area contributed by atoms with E-state index >= 15 is 0 Å². The highest BCUT2D eigenvalue weighted by molar-refractivity contribution is 6.33. The Bertz CT molecular complexity index is 229. The second-order valence-electron chi connectivity index (χ2n) is 2.16. The molecular formula is C8H8BN. The van der Waals surface area contributed by atoms with Crippen molar-refractivity contribution in [2.75, 3.05) is 6.54 Å². The Balaban J connectivity index is 2.65. The fourth-order valence-corrected chi connectivity index (χ4v) is 0.872. The van der Waals surface area contributed by atoms with E-state index in [0.29, 0.717) is 0 Å². The van der Waals surface area contributed by atoms with Crippen LogP contribution in [-0.2, 0) is 0 Å². The summed E-state index contributed by atoms with van der Waals surface area (Å²) >= 11 is 0. The molecule has 2 heteroatoms. The van der Waals surface area contributed by atoms with Gasteiger partial charge in [0, 0.05) is 6.21 Å². The molecule has 0 spiro atoms. The van der Waals surface area contributed by atoms with Crippen molar-refractivity contribution in [3.05, 3.63) is 11.5 Å². The van der Waals surface area contributed by atoms with Crippen molar-refractivity contribution in [3.8, 4) is 11.8 Å². The van der Waals surface area contributed by atoms with Gasteiger partial charge in [-0.15, -0.1) is 5.92 Å². The van der Waals surface area contributed by atoms with E-state index < -0.39 is 0 Å². The quantitative estimate of drug-likeness (QED) is 0.338. The van der Waals surface area contributed by atoms with Gasteiger partial charge in [0.25, 0.3) is 0 Å². The lowest BCUT2D eigenvalue weighted by Gasteiger charge is -2.07. The van der Waals surface area contributed by atoms with Crippen LogP contribution in [0.15, 0.2) is 16.5 Å². The van der Waals surface area contributed by atoms with E-state index in [4.69, 9.17) is 7.85 Å². The van der Waals surface area contributed by atoms with Gasteiger partial charge in [-0.1, -0.05) is 17.5 Å². The van der Waals surface area contributed by atoms with Crippen LogP contribution < -0.4 is 0 Å². The van der Waals surface area contributed by atoms with Crippen LogP contribution in [0.2, 0.25) is 0 Å². The van der Waals surface area contributed by atoms with Crippen LogP contribution in [0.5, 0.6) is 0 Å². The molecule has 2 radical (unpaired) electrons. The summed E-state index contributed by atoms with van der Waals surface area (Å²) in [7, 11) is 5.50. The van der Waals surface area contributed by atoms with Crippen molar-refractivity contribution in [2.24, 2.45) is 10.9 Å². The van der Waals surface area contributed by atoms with Gasteiger partial charge in [-0.25, -0.2) is 0 Å². The number of hydrogen-bond acceptors (Lipinski definition) is 1. The minimum absolute atomic E-state index is 0.231. The Kier molecular flexibility index (Phi) is 2.33. The summed E-state index contributed by atoms with van der Waals surface area (Å²) in [6, 6.07) is 0. The molecule has 0 fully saturated rings. The summed E-state index contributed by atoms with van der Waals surface area (Å²) in [4.78, 5) is 4.04. The number of allylic oxidation sites excluding steroid dienone is 1. The SMILES string of the molecule is [B]C1=CC(C#CC)CN=C1. The van der Waals surface area contributed by atoms with E-state index in [2.05, 4.69) is 16.8 Å². The summed E-state index contributed by atoms with van der Waals surface area (Å²) in [6.07, 6.45) is 3.61. The van der Waals surface area contributed by atoms with Gasteiger partial charge in [0.15, 0.2) is 0 Å². The zero-order chi connectivity index (χ0) is 7.40. The monoisotopic (exact) mass is 129 g/mol. The average Bonchev–Trinajstić information content (AvgIpc) is 1.88. The van der Waals surface area contributed by atoms with Crippen LogP contribution in [0.4, 0.5) is 0 Å². The lowest BCUT2D eigenvalue weighted by atomic mass is 9.91. The molecule has 1 rings (SSSR count). The van der Waals surface area contributed by atoms with Crippen molar-refractivity contribution in [3.63, 3.8) is 0 Å². The first kappa shape index (κ1) is 7.15. The molecule has 1 aliphatic heterocycles. The molecule has 1 aliphatic rings. The molecule has 1 atom stereocenters. The maximum atomic E-state index is 5.50. The molecular weight excluding hydrogens is 121 g/mol. The van der Waals surface area contributed by atoms with E-state index in [0.717, 1.165) is 12.0 Å². The van der Waals surface area contributed by atoms with Crippen LogP contribution in [0.1, 0.15) is 6.92 Å². The van der Waals surface area contributed by atoms with Gasteiger partial charge in [-0.05, 0) is 6.92 Å². The Morgan fingerprint density at radius 2 is 2.60 bits per heavy atom. The number of aliphatic imine (C=N–C) groups is 1. The molecule has 0 aromatic heterocycles. The van der Waals surface area contributed by atoms with E-state index in [1.165, 1.54) is 0 Å². The minimum Gasteiger partial charge on any atom is -0.292 e. The number of rotatable bonds is 0. The molecule has 1 unspecified atom stereocenters. The van der Waals surface area contributed by atoms with Crippen LogP contribution in [-0.4, -0.2) is 20.6 Å². The highest BCUT2D eigenvalue weighted by atomic mass is 14.7. The smallest absolute Gasteiger partial charge is 0.115 e. The summed E-state index contributed by atoms with van der Waals surface area (Å²) in [5.74, 6) is 6.06. The zero-order valence-electron chi connectivity index (χ0n) is 5.96. The average molecular weight is 129 g/mol. The molecule has 0 amide bonds. The van der Waals surface area contributed by atoms with E-state index in [9.17, 15) is 0 Å². The normalized spacial score (nSPS) is 22.9. The summed E-state index contributed by atoms with van der Waals surface area (Å²) in [6.45, 7) is 2.57. The predicted octanol–water partition coefficient (Wildman–Crippen LogP) is 0.763. The van der Waals surface area contributed by atoms with Gasteiger partial charge in [0.1, 0.15) is 7.85 Å². The van der Waals surface area contributed by atoms with Crippen LogP contribution in [0.3, 0.4) is 0 Å². The third-order valence-corrected chi connectivity index (χ3v) is 1.27. The van der Waals surface area contributed by atoms with E-state index in [1.54, 1.807) is 6.21 Å². The highest BCUT2D eigenvalue weighted by Gasteiger charge is 2.02. The molecule has 0 saturated carbocycles. The molecule has 1 heterocycles. The Morgan fingerprint density at radius 3 is 3.20 bits per heavy atom. The third-order valence-electron chi connectivity index (χ3n) is 1.27. The lowest BCUT2D eigenvalue weighted by Crippen LogP contribution is -2.05. The van der Waals surface area contributed by atoms with E-state index in [-0.39, 0.29) is 5.92 Å². The largest absolute Gasteiger partial charge is 0.292 e. The van der Waals surface area contributed by atoms with Gasteiger partial charge in [-0.3, -0.25) is 4.99 Å². The zero-order valence-corrected chi connectivity index (χ0v) is 5.96. The molecule has 0 saturated heterocycles. The van der Waals surface area contributed by atoms with Gasteiger partial charge in [0.05, 0.1) is 12.5 Å². The number of hydrogen-bond donors (Lipinski definition) is 0. The van der Waals surface area contributed by atoms with Gasteiger partial charge >= 0.3 is 0 Å². The molecule has 10 heavy (non-hydrogen) atoms. The van der Waals surface area contributed by atoms with Gasteiger partial charge < -0.3 is 0 Å². The standard InChI is InChI=1S/C8H8BN/c1-2-3-7-4-8(9)6-10-5-7/h4,6-7H,5H2,1H3. The Hall–Kier alpha value is -0.965. The summed E-state index contributed by atoms with van der Waals surface area (Å²) < 4.78 is 0. The summed E-state index contributed by atoms with van der Waals surface area (Å²) in [5, 5.41) is 0. The molecule has 0 bridgehead atoms. The van der Waals surface area contributed by atoms with Crippen LogP contribution in [0.25, 0.3) is 0 Å². The first-order valence-electron chi connectivity index (χ1n) is 3.22. The molecule has 0 aromatic rings. The van der Waals surface area contributed by atoms with Gasteiger partial charge in [-0.2, -0.15) is 0 Å². The summed E-state index contributed by atoms with van der Waals surface area (Å²) in [5.41, 5.74) is 0.721. The molecule has 0 aromatic carbocycles. The number of nitrogens with zero attached hydrogens (tertiary/aromatic N) is 1. The molecule has 1 nitrogen and oxygen atoms in total. The van der Waals surface area contributed by atoms with Crippen molar-refractivity contribution in [1.29, 1.82) is 0 Å².